The third-order valence-electron chi connectivity index (χ3n) is 4.33. The van der Waals surface area contributed by atoms with Crippen LogP contribution in [0.4, 0.5) is 11.4 Å². The summed E-state index contributed by atoms with van der Waals surface area (Å²) in [4.78, 5) is 19.3. The topological polar surface area (TPSA) is 54.5 Å². The number of carbonyl (C=O) groups is 1. The Hall–Kier alpha value is -3.18. The fraction of sp³-hybridized carbons (Fsp3) is 0.217. The molecule has 0 radical (unpaired) electrons. The number of pyridine rings is 1. The first-order chi connectivity index (χ1) is 13.8. The van der Waals surface area contributed by atoms with Crippen molar-refractivity contribution in [1.29, 1.82) is 0 Å². The van der Waals surface area contributed by atoms with E-state index in [1.807, 2.05) is 66.7 Å². The molecule has 1 N–H and O–H groups in total. The molecule has 2 aromatic carbocycles. The number of anilines is 2. The average molecular weight is 375 g/mol. The van der Waals surface area contributed by atoms with Crippen molar-refractivity contribution < 1.29 is 9.53 Å². The van der Waals surface area contributed by atoms with E-state index in [-0.39, 0.29) is 5.91 Å². The molecule has 5 heteroatoms. The molecule has 0 spiro atoms. The molecule has 3 rings (SSSR count). The summed E-state index contributed by atoms with van der Waals surface area (Å²) < 4.78 is 5.04. The highest BCUT2D eigenvalue weighted by Crippen LogP contribution is 2.20. The summed E-state index contributed by atoms with van der Waals surface area (Å²) in [5.74, 6) is -0.124. The summed E-state index contributed by atoms with van der Waals surface area (Å²) in [6.45, 7) is 2.00. The molecule has 0 bridgehead atoms. The van der Waals surface area contributed by atoms with Crippen LogP contribution in [0.5, 0.6) is 0 Å². The van der Waals surface area contributed by atoms with Crippen LogP contribution >= 0.6 is 0 Å². The van der Waals surface area contributed by atoms with Crippen molar-refractivity contribution in [3.63, 3.8) is 0 Å². The largest absolute Gasteiger partial charge is 0.385 e. The third-order valence-corrected chi connectivity index (χ3v) is 4.33. The number of para-hydroxylation sites is 1. The number of aromatic nitrogens is 1. The third kappa shape index (κ3) is 5.41. The molecule has 1 amide bonds. The molecule has 3 aromatic rings. The Morgan fingerprint density at radius 3 is 2.36 bits per heavy atom. The van der Waals surface area contributed by atoms with Crippen molar-refractivity contribution >= 4 is 17.3 Å². The first-order valence-electron chi connectivity index (χ1n) is 9.37. The van der Waals surface area contributed by atoms with Gasteiger partial charge in [0.2, 0.25) is 0 Å². The molecule has 1 heterocycles. The van der Waals surface area contributed by atoms with Gasteiger partial charge >= 0.3 is 0 Å². The fourth-order valence-corrected chi connectivity index (χ4v) is 2.87. The van der Waals surface area contributed by atoms with E-state index in [0.717, 1.165) is 29.9 Å². The molecular formula is C23H25N3O2. The van der Waals surface area contributed by atoms with Crippen LogP contribution in [0.15, 0.2) is 79.0 Å². The Morgan fingerprint density at radius 1 is 1.00 bits per heavy atom. The maximum Gasteiger partial charge on any atom is 0.277 e. The smallest absolute Gasteiger partial charge is 0.277 e. The maximum atomic E-state index is 13.2. The summed E-state index contributed by atoms with van der Waals surface area (Å²) in [5.41, 5.74) is 3.22. The monoisotopic (exact) mass is 375 g/mol. The lowest BCUT2D eigenvalue weighted by atomic mass is 10.1. The highest BCUT2D eigenvalue weighted by molar-refractivity contribution is 6.04. The molecule has 28 heavy (non-hydrogen) atoms. The minimum absolute atomic E-state index is 0.124. The lowest BCUT2D eigenvalue weighted by Crippen LogP contribution is -2.31. The zero-order valence-corrected chi connectivity index (χ0v) is 16.0. The molecule has 0 unspecified atom stereocenters. The summed E-state index contributed by atoms with van der Waals surface area (Å²) in [6.07, 6.45) is 2.61. The Bertz CT molecular complexity index is 852. The number of methoxy groups -OCH3 is 1. The number of rotatable bonds is 9. The Labute approximate surface area is 166 Å². The van der Waals surface area contributed by atoms with Gasteiger partial charge in [-0.15, -0.1) is 0 Å². The number of nitrogens with zero attached hydrogens (tertiary/aromatic N) is 2. The van der Waals surface area contributed by atoms with Crippen molar-refractivity contribution in [3.8, 4) is 0 Å². The Kier molecular flexibility index (Phi) is 7.15. The number of hydrogen-bond acceptors (Lipinski definition) is 4. The molecule has 1 aromatic heterocycles. The van der Waals surface area contributed by atoms with E-state index in [9.17, 15) is 4.79 Å². The quantitative estimate of drug-likeness (QED) is 0.564. The molecular weight excluding hydrogens is 350 g/mol. The molecule has 144 valence electrons. The lowest BCUT2D eigenvalue weighted by molar-refractivity contribution is 0.0980. The van der Waals surface area contributed by atoms with E-state index in [0.29, 0.717) is 18.8 Å². The molecule has 5 nitrogen and oxygen atoms in total. The van der Waals surface area contributed by atoms with Gasteiger partial charge in [0.15, 0.2) is 0 Å². The van der Waals surface area contributed by atoms with Gasteiger partial charge in [-0.05, 0) is 36.2 Å². The van der Waals surface area contributed by atoms with Gasteiger partial charge in [0, 0.05) is 25.9 Å². The maximum absolute atomic E-state index is 13.2. The van der Waals surface area contributed by atoms with Gasteiger partial charge in [-0.2, -0.15) is 0 Å². The van der Waals surface area contributed by atoms with Gasteiger partial charge in [-0.1, -0.05) is 48.5 Å². The summed E-state index contributed by atoms with van der Waals surface area (Å²) >= 11 is 0. The summed E-state index contributed by atoms with van der Waals surface area (Å²) in [5, 5.41) is 3.28. The number of hydrogen-bond donors (Lipinski definition) is 1. The minimum Gasteiger partial charge on any atom is -0.385 e. The van der Waals surface area contributed by atoms with Crippen molar-refractivity contribution in [2.45, 2.75) is 13.0 Å². The van der Waals surface area contributed by atoms with Crippen LogP contribution in [0.25, 0.3) is 0 Å². The van der Waals surface area contributed by atoms with Gasteiger partial charge in [-0.3, -0.25) is 4.79 Å². The van der Waals surface area contributed by atoms with Crippen LogP contribution in [0.1, 0.15) is 22.5 Å². The normalized spacial score (nSPS) is 10.5. The first-order valence-corrected chi connectivity index (χ1v) is 9.37. The van der Waals surface area contributed by atoms with Crippen molar-refractivity contribution in [1.82, 2.24) is 4.98 Å². The van der Waals surface area contributed by atoms with E-state index >= 15 is 0 Å². The van der Waals surface area contributed by atoms with Gasteiger partial charge in [0.1, 0.15) is 5.69 Å². The highest BCUT2D eigenvalue weighted by atomic mass is 16.5. The van der Waals surface area contributed by atoms with Gasteiger partial charge < -0.3 is 15.0 Å². The second kappa shape index (κ2) is 10.2. The molecule has 0 aliphatic rings. The molecule has 0 aliphatic carbocycles. The summed E-state index contributed by atoms with van der Waals surface area (Å²) in [7, 11) is 1.69. The predicted molar refractivity (Wildman–Crippen MR) is 113 cm³/mol. The van der Waals surface area contributed by atoms with E-state index in [1.165, 1.54) is 0 Å². The second-order valence-corrected chi connectivity index (χ2v) is 6.42. The number of benzene rings is 2. The van der Waals surface area contributed by atoms with Crippen LogP contribution in [-0.2, 0) is 11.3 Å². The van der Waals surface area contributed by atoms with Crippen LogP contribution in [0, 0.1) is 0 Å². The van der Waals surface area contributed by atoms with Gasteiger partial charge in [0.05, 0.1) is 18.4 Å². The standard InChI is InChI=1S/C23H25N3O2/c1-28-16-8-15-24-20-13-14-22(25-17-20)23(27)26(21-11-6-3-7-12-21)18-19-9-4-2-5-10-19/h2-7,9-14,17,24H,8,15-16,18H2,1H3. The molecule has 0 saturated carbocycles. The Balaban J connectivity index is 1.75. The number of carbonyl (C=O) groups excluding carboxylic acids is 1. The lowest BCUT2D eigenvalue weighted by Gasteiger charge is -2.23. The molecule has 0 atom stereocenters. The van der Waals surface area contributed by atoms with E-state index in [4.69, 9.17) is 4.74 Å². The second-order valence-electron chi connectivity index (χ2n) is 6.42. The van der Waals surface area contributed by atoms with Gasteiger partial charge in [-0.25, -0.2) is 4.98 Å². The van der Waals surface area contributed by atoms with Crippen LogP contribution in [-0.4, -0.2) is 31.2 Å². The summed E-state index contributed by atoms with van der Waals surface area (Å²) in [6, 6.07) is 23.3. The van der Waals surface area contributed by atoms with Gasteiger partial charge in [0.25, 0.3) is 5.91 Å². The fourth-order valence-electron chi connectivity index (χ4n) is 2.87. The predicted octanol–water partition coefficient (Wildman–Crippen LogP) is 4.38. The molecule has 0 saturated heterocycles. The van der Waals surface area contributed by atoms with Crippen LogP contribution in [0.2, 0.25) is 0 Å². The van der Waals surface area contributed by atoms with E-state index in [1.54, 1.807) is 24.3 Å². The van der Waals surface area contributed by atoms with E-state index in [2.05, 4.69) is 10.3 Å². The van der Waals surface area contributed by atoms with Crippen molar-refractivity contribution in [2.75, 3.05) is 30.5 Å². The SMILES string of the molecule is COCCCNc1ccc(C(=O)N(Cc2ccccc2)c2ccccc2)nc1. The zero-order valence-electron chi connectivity index (χ0n) is 16.0. The minimum atomic E-state index is -0.124. The average Bonchev–Trinajstić information content (AvgIpc) is 2.76. The zero-order chi connectivity index (χ0) is 19.6. The van der Waals surface area contributed by atoms with Crippen LogP contribution < -0.4 is 10.2 Å². The van der Waals surface area contributed by atoms with E-state index < -0.39 is 0 Å². The molecule has 0 aliphatic heterocycles. The number of amides is 1. The number of nitrogens with one attached hydrogen (secondary N) is 1. The Morgan fingerprint density at radius 2 is 1.71 bits per heavy atom. The first kappa shape index (κ1) is 19.6. The highest BCUT2D eigenvalue weighted by Gasteiger charge is 2.19. The van der Waals surface area contributed by atoms with Crippen LogP contribution in [0.3, 0.4) is 0 Å². The van der Waals surface area contributed by atoms with Crippen molar-refractivity contribution in [3.05, 3.63) is 90.3 Å². The molecule has 0 fully saturated rings. The number of ether oxygens (including phenoxy) is 1. The van der Waals surface area contributed by atoms with Crippen molar-refractivity contribution in [2.24, 2.45) is 0 Å².